The van der Waals surface area contributed by atoms with E-state index in [9.17, 15) is 0 Å². The third kappa shape index (κ3) is 6.17. The topological polar surface area (TPSA) is 24.5 Å². The Kier molecular flexibility index (Phi) is 7.87. The first-order valence-corrected chi connectivity index (χ1v) is 7.68. The highest BCUT2D eigenvalue weighted by atomic mass is 16.5. The van der Waals surface area contributed by atoms with Crippen molar-refractivity contribution in [3.05, 3.63) is 0 Å². The number of rotatable bonds is 9. The molecule has 1 aliphatic heterocycles. The minimum Gasteiger partial charge on any atom is -0.377 e. The Balaban J connectivity index is 2.01. The molecule has 0 spiro atoms. The SMILES string of the molecule is CCNCCCCCCN1CCCC(C)(OC)C1. The summed E-state index contributed by atoms with van der Waals surface area (Å²) in [6.45, 7) is 10.3. The van der Waals surface area contributed by atoms with Crippen LogP contribution >= 0.6 is 0 Å². The van der Waals surface area contributed by atoms with E-state index in [1.165, 1.54) is 58.2 Å². The molecule has 1 rings (SSSR count). The van der Waals surface area contributed by atoms with Crippen molar-refractivity contribution in [3.8, 4) is 0 Å². The van der Waals surface area contributed by atoms with Crippen molar-refractivity contribution in [1.82, 2.24) is 10.2 Å². The number of methoxy groups -OCH3 is 1. The van der Waals surface area contributed by atoms with Gasteiger partial charge < -0.3 is 15.0 Å². The van der Waals surface area contributed by atoms with Crippen LogP contribution in [0.15, 0.2) is 0 Å². The zero-order chi connectivity index (χ0) is 13.3. The first kappa shape index (κ1) is 15.9. The van der Waals surface area contributed by atoms with Gasteiger partial charge in [-0.3, -0.25) is 0 Å². The lowest BCUT2D eigenvalue weighted by Crippen LogP contribution is -2.47. The highest BCUT2D eigenvalue weighted by molar-refractivity contribution is 4.84. The lowest BCUT2D eigenvalue weighted by Gasteiger charge is -2.39. The van der Waals surface area contributed by atoms with E-state index >= 15 is 0 Å². The van der Waals surface area contributed by atoms with Gasteiger partial charge >= 0.3 is 0 Å². The molecule has 0 aromatic rings. The van der Waals surface area contributed by atoms with Crippen molar-refractivity contribution in [3.63, 3.8) is 0 Å². The minimum absolute atomic E-state index is 0.100. The summed E-state index contributed by atoms with van der Waals surface area (Å²) in [6, 6.07) is 0. The van der Waals surface area contributed by atoms with Gasteiger partial charge in [0, 0.05) is 13.7 Å². The molecule has 1 N–H and O–H groups in total. The van der Waals surface area contributed by atoms with Crippen LogP contribution in [0.5, 0.6) is 0 Å². The van der Waals surface area contributed by atoms with E-state index in [2.05, 4.69) is 24.1 Å². The summed E-state index contributed by atoms with van der Waals surface area (Å²) >= 11 is 0. The second kappa shape index (κ2) is 8.89. The molecule has 0 aromatic heterocycles. The fourth-order valence-electron chi connectivity index (χ4n) is 2.78. The molecular formula is C15H32N2O. The smallest absolute Gasteiger partial charge is 0.0777 e. The van der Waals surface area contributed by atoms with Crippen LogP contribution in [0.4, 0.5) is 0 Å². The molecule has 3 heteroatoms. The molecule has 0 aliphatic carbocycles. The van der Waals surface area contributed by atoms with Crippen LogP contribution in [0.1, 0.15) is 52.4 Å². The van der Waals surface area contributed by atoms with E-state index in [0.29, 0.717) is 0 Å². The van der Waals surface area contributed by atoms with Crippen molar-refractivity contribution < 1.29 is 4.74 Å². The van der Waals surface area contributed by atoms with Crippen LogP contribution in [0, 0.1) is 0 Å². The molecule has 0 radical (unpaired) electrons. The first-order valence-electron chi connectivity index (χ1n) is 7.68. The zero-order valence-corrected chi connectivity index (χ0v) is 12.6. The summed E-state index contributed by atoms with van der Waals surface area (Å²) in [7, 11) is 1.85. The first-order chi connectivity index (χ1) is 8.70. The zero-order valence-electron chi connectivity index (χ0n) is 12.6. The summed E-state index contributed by atoms with van der Waals surface area (Å²) in [6.07, 6.45) is 7.89. The van der Waals surface area contributed by atoms with Crippen LogP contribution in [-0.4, -0.2) is 50.3 Å². The largest absolute Gasteiger partial charge is 0.377 e. The van der Waals surface area contributed by atoms with Gasteiger partial charge in [0.15, 0.2) is 0 Å². The maximum Gasteiger partial charge on any atom is 0.0777 e. The lowest BCUT2D eigenvalue weighted by atomic mass is 9.94. The summed E-state index contributed by atoms with van der Waals surface area (Å²) in [5, 5.41) is 3.38. The fraction of sp³-hybridized carbons (Fsp3) is 1.00. The van der Waals surface area contributed by atoms with Gasteiger partial charge in [0.05, 0.1) is 5.60 Å². The number of hydrogen-bond acceptors (Lipinski definition) is 3. The number of unbranched alkanes of at least 4 members (excludes halogenated alkanes) is 3. The fourth-order valence-corrected chi connectivity index (χ4v) is 2.78. The van der Waals surface area contributed by atoms with Crippen molar-refractivity contribution in [2.75, 3.05) is 39.8 Å². The molecule has 18 heavy (non-hydrogen) atoms. The van der Waals surface area contributed by atoms with Crippen LogP contribution < -0.4 is 5.32 Å². The average molecular weight is 256 g/mol. The second-order valence-corrected chi connectivity index (χ2v) is 5.80. The van der Waals surface area contributed by atoms with Crippen LogP contribution in [0.2, 0.25) is 0 Å². The standard InChI is InChI=1S/C15H32N2O/c1-4-16-11-7-5-6-8-12-17-13-9-10-15(2,14-17)18-3/h16H,4-14H2,1-3H3. The Labute approximate surface area is 113 Å². The maximum absolute atomic E-state index is 5.63. The molecule has 1 fully saturated rings. The number of likely N-dealkylation sites (tertiary alicyclic amines) is 1. The van der Waals surface area contributed by atoms with E-state index in [1.807, 2.05) is 7.11 Å². The molecule has 1 saturated heterocycles. The molecule has 108 valence electrons. The Morgan fingerprint density at radius 3 is 2.72 bits per heavy atom. The molecule has 0 bridgehead atoms. The molecule has 3 nitrogen and oxygen atoms in total. The molecular weight excluding hydrogens is 224 g/mol. The van der Waals surface area contributed by atoms with Crippen molar-refractivity contribution in [1.29, 1.82) is 0 Å². The van der Waals surface area contributed by atoms with Gasteiger partial charge in [-0.25, -0.2) is 0 Å². The number of hydrogen-bond donors (Lipinski definition) is 1. The highest BCUT2D eigenvalue weighted by Crippen LogP contribution is 2.23. The summed E-state index contributed by atoms with van der Waals surface area (Å²) in [4.78, 5) is 2.58. The Morgan fingerprint density at radius 1 is 1.22 bits per heavy atom. The minimum atomic E-state index is 0.100. The average Bonchev–Trinajstić information content (AvgIpc) is 2.38. The number of ether oxygens (including phenoxy) is 1. The molecule has 0 aromatic carbocycles. The molecule has 0 saturated carbocycles. The van der Waals surface area contributed by atoms with E-state index < -0.39 is 0 Å². The van der Waals surface area contributed by atoms with Gasteiger partial charge in [-0.2, -0.15) is 0 Å². The van der Waals surface area contributed by atoms with E-state index in [0.717, 1.165) is 13.1 Å². The van der Waals surface area contributed by atoms with Crippen molar-refractivity contribution in [2.45, 2.75) is 58.0 Å². The van der Waals surface area contributed by atoms with Gasteiger partial charge in [0.2, 0.25) is 0 Å². The van der Waals surface area contributed by atoms with Crippen LogP contribution in [0.3, 0.4) is 0 Å². The van der Waals surface area contributed by atoms with Crippen LogP contribution in [0.25, 0.3) is 0 Å². The lowest BCUT2D eigenvalue weighted by molar-refractivity contribution is -0.0508. The monoisotopic (exact) mass is 256 g/mol. The van der Waals surface area contributed by atoms with Crippen molar-refractivity contribution >= 4 is 0 Å². The second-order valence-electron chi connectivity index (χ2n) is 5.80. The Morgan fingerprint density at radius 2 is 2.00 bits per heavy atom. The molecule has 0 amide bonds. The van der Waals surface area contributed by atoms with Gasteiger partial charge in [0.25, 0.3) is 0 Å². The number of nitrogens with one attached hydrogen (secondary N) is 1. The van der Waals surface area contributed by atoms with Gasteiger partial charge in [-0.05, 0) is 58.8 Å². The molecule has 1 heterocycles. The molecule has 1 atom stereocenters. The summed E-state index contributed by atoms with van der Waals surface area (Å²) in [5.74, 6) is 0. The highest BCUT2D eigenvalue weighted by Gasteiger charge is 2.30. The molecule has 1 aliphatic rings. The predicted octanol–water partition coefficient (Wildman–Crippen LogP) is 2.66. The number of piperidine rings is 1. The van der Waals surface area contributed by atoms with Gasteiger partial charge in [-0.1, -0.05) is 19.8 Å². The third-order valence-electron chi connectivity index (χ3n) is 4.06. The number of nitrogens with zero attached hydrogens (tertiary/aromatic N) is 1. The summed E-state index contributed by atoms with van der Waals surface area (Å²) in [5.41, 5.74) is 0.100. The maximum atomic E-state index is 5.63. The van der Waals surface area contributed by atoms with Gasteiger partial charge in [0.1, 0.15) is 0 Å². The summed E-state index contributed by atoms with van der Waals surface area (Å²) < 4.78 is 5.63. The molecule has 1 unspecified atom stereocenters. The van der Waals surface area contributed by atoms with Gasteiger partial charge in [-0.15, -0.1) is 0 Å². The normalized spacial score (nSPS) is 25.5. The van der Waals surface area contributed by atoms with E-state index in [-0.39, 0.29) is 5.60 Å². The van der Waals surface area contributed by atoms with Crippen molar-refractivity contribution in [2.24, 2.45) is 0 Å². The van der Waals surface area contributed by atoms with E-state index in [4.69, 9.17) is 4.74 Å². The Hall–Kier alpha value is -0.120. The quantitative estimate of drug-likeness (QED) is 0.642. The third-order valence-corrected chi connectivity index (χ3v) is 4.06. The predicted molar refractivity (Wildman–Crippen MR) is 78.1 cm³/mol. The Bertz CT molecular complexity index is 211. The van der Waals surface area contributed by atoms with Crippen LogP contribution in [-0.2, 0) is 4.74 Å². The van der Waals surface area contributed by atoms with E-state index in [1.54, 1.807) is 0 Å².